The van der Waals surface area contributed by atoms with Crippen molar-refractivity contribution in [2.24, 2.45) is 0 Å². The van der Waals surface area contributed by atoms with E-state index in [1.54, 1.807) is 6.08 Å². The van der Waals surface area contributed by atoms with Crippen molar-refractivity contribution in [3.63, 3.8) is 0 Å². The third-order valence-electron chi connectivity index (χ3n) is 1.98. The molecule has 4 heteroatoms. The average molecular weight is 249 g/mol. The Labute approximate surface area is 105 Å². The largest absolute Gasteiger partial charge is 0.290 e. The van der Waals surface area contributed by atoms with Crippen molar-refractivity contribution < 1.29 is 9.59 Å². The van der Waals surface area contributed by atoms with Gasteiger partial charge in [-0.3, -0.25) is 14.9 Å². The summed E-state index contributed by atoms with van der Waals surface area (Å²) in [7, 11) is 0. The molecule has 0 atom stereocenters. The molecule has 0 aliphatic carbocycles. The lowest BCUT2D eigenvalue weighted by atomic mass is 10.1. The first kappa shape index (κ1) is 13.5. The highest BCUT2D eigenvalue weighted by molar-refractivity contribution is 8.18. The van der Waals surface area contributed by atoms with Gasteiger partial charge in [-0.2, -0.15) is 0 Å². The standard InChI is InChI=1S/C11H9NO2S.C2H6/c1-7-3-2-4-8(5-7)6-9-10(13)12-11(14)15-9;1-2/h2-6H,1H3,(H,12,13,14);1-2H3/b9-6-;. The van der Waals surface area contributed by atoms with Crippen LogP contribution in [0.25, 0.3) is 6.08 Å². The van der Waals surface area contributed by atoms with Gasteiger partial charge in [-0.05, 0) is 30.3 Å². The number of rotatable bonds is 1. The molecular weight excluding hydrogens is 234 g/mol. The second-order valence-corrected chi connectivity index (χ2v) is 4.28. The number of aryl methyl sites for hydroxylation is 1. The smallest absolute Gasteiger partial charge is 0.282 e. The van der Waals surface area contributed by atoms with Crippen LogP contribution in [0.1, 0.15) is 25.0 Å². The molecule has 0 unspecified atom stereocenters. The van der Waals surface area contributed by atoms with Gasteiger partial charge < -0.3 is 0 Å². The van der Waals surface area contributed by atoms with Crippen LogP contribution < -0.4 is 5.32 Å². The van der Waals surface area contributed by atoms with E-state index in [1.165, 1.54) is 0 Å². The minimum atomic E-state index is -0.313. The van der Waals surface area contributed by atoms with Crippen LogP contribution in [0.15, 0.2) is 29.2 Å². The first-order chi connectivity index (χ1) is 8.15. The predicted molar refractivity (Wildman–Crippen MR) is 71.6 cm³/mol. The summed E-state index contributed by atoms with van der Waals surface area (Å²) in [5.41, 5.74) is 2.06. The lowest BCUT2D eigenvalue weighted by Crippen LogP contribution is -2.17. The summed E-state index contributed by atoms with van der Waals surface area (Å²) in [6.45, 7) is 5.98. The van der Waals surface area contributed by atoms with Crippen LogP contribution in [0.4, 0.5) is 4.79 Å². The van der Waals surface area contributed by atoms with E-state index < -0.39 is 0 Å². The number of carbonyl (C=O) groups excluding carboxylic acids is 2. The van der Waals surface area contributed by atoms with Gasteiger partial charge in [0.05, 0.1) is 4.91 Å². The minimum absolute atomic E-state index is 0.307. The van der Waals surface area contributed by atoms with Crippen LogP contribution in [0.2, 0.25) is 0 Å². The third kappa shape index (κ3) is 3.75. The number of amides is 2. The van der Waals surface area contributed by atoms with Gasteiger partial charge in [0.1, 0.15) is 0 Å². The topological polar surface area (TPSA) is 46.2 Å². The van der Waals surface area contributed by atoms with Crippen molar-refractivity contribution >= 4 is 29.0 Å². The Kier molecular flexibility index (Phi) is 4.97. The first-order valence-corrected chi connectivity index (χ1v) is 6.28. The van der Waals surface area contributed by atoms with Crippen molar-refractivity contribution in [1.29, 1.82) is 0 Å². The maximum Gasteiger partial charge on any atom is 0.290 e. The maximum atomic E-state index is 11.3. The Morgan fingerprint density at radius 1 is 1.24 bits per heavy atom. The van der Waals surface area contributed by atoms with Crippen molar-refractivity contribution in [3.8, 4) is 0 Å². The van der Waals surface area contributed by atoms with Crippen LogP contribution in [-0.4, -0.2) is 11.1 Å². The summed E-state index contributed by atoms with van der Waals surface area (Å²) in [6, 6.07) is 7.76. The second-order valence-electron chi connectivity index (χ2n) is 3.27. The zero-order valence-electron chi connectivity index (χ0n) is 10.1. The molecule has 1 fully saturated rings. The number of carbonyl (C=O) groups is 2. The van der Waals surface area contributed by atoms with Gasteiger partial charge in [0.25, 0.3) is 11.1 Å². The highest BCUT2D eigenvalue weighted by Crippen LogP contribution is 2.25. The fraction of sp³-hybridized carbons (Fsp3) is 0.231. The molecule has 0 aromatic heterocycles. The quantitative estimate of drug-likeness (QED) is 0.776. The fourth-order valence-electron chi connectivity index (χ4n) is 1.33. The Morgan fingerprint density at radius 2 is 1.94 bits per heavy atom. The van der Waals surface area contributed by atoms with Crippen molar-refractivity contribution in [1.82, 2.24) is 5.32 Å². The lowest BCUT2D eigenvalue weighted by molar-refractivity contribution is -0.115. The van der Waals surface area contributed by atoms with Gasteiger partial charge in [-0.25, -0.2) is 0 Å². The van der Waals surface area contributed by atoms with E-state index in [4.69, 9.17) is 0 Å². The molecule has 2 amide bonds. The molecule has 0 bridgehead atoms. The number of benzene rings is 1. The summed E-state index contributed by atoms with van der Waals surface area (Å²) in [5.74, 6) is -0.313. The molecule has 1 aliphatic rings. The number of thioether (sulfide) groups is 1. The number of imide groups is 1. The van der Waals surface area contributed by atoms with Gasteiger partial charge >= 0.3 is 0 Å². The molecule has 1 aromatic rings. The molecule has 0 saturated carbocycles. The molecule has 0 radical (unpaired) electrons. The van der Waals surface area contributed by atoms with Crippen molar-refractivity contribution in [3.05, 3.63) is 40.3 Å². The molecule has 2 rings (SSSR count). The Balaban J connectivity index is 0.000000686. The molecule has 0 spiro atoms. The molecule has 1 saturated heterocycles. The zero-order chi connectivity index (χ0) is 12.8. The van der Waals surface area contributed by atoms with E-state index in [2.05, 4.69) is 5.32 Å². The molecular formula is C13H15NO2S. The first-order valence-electron chi connectivity index (χ1n) is 5.47. The van der Waals surface area contributed by atoms with Crippen molar-refractivity contribution in [2.45, 2.75) is 20.8 Å². The van der Waals surface area contributed by atoms with Crippen molar-refractivity contribution in [2.75, 3.05) is 0 Å². The normalized spacial score (nSPS) is 16.5. The van der Waals surface area contributed by atoms with E-state index in [0.717, 1.165) is 22.9 Å². The van der Waals surface area contributed by atoms with E-state index in [9.17, 15) is 9.59 Å². The van der Waals surface area contributed by atoms with Gasteiger partial charge in [-0.15, -0.1) is 0 Å². The zero-order valence-corrected chi connectivity index (χ0v) is 10.9. The highest BCUT2D eigenvalue weighted by atomic mass is 32.2. The Hall–Kier alpha value is -1.55. The Bertz CT molecular complexity index is 466. The van der Waals surface area contributed by atoms with E-state index in [1.807, 2.05) is 45.0 Å². The van der Waals surface area contributed by atoms with Gasteiger partial charge in [-0.1, -0.05) is 43.7 Å². The number of hydrogen-bond donors (Lipinski definition) is 1. The molecule has 1 N–H and O–H groups in total. The molecule has 1 aliphatic heterocycles. The molecule has 17 heavy (non-hydrogen) atoms. The summed E-state index contributed by atoms with van der Waals surface area (Å²) >= 11 is 0.936. The van der Waals surface area contributed by atoms with Gasteiger partial charge in [0, 0.05) is 0 Å². The maximum absolute atomic E-state index is 11.3. The second kappa shape index (κ2) is 6.25. The van der Waals surface area contributed by atoms with Crippen LogP contribution in [0.5, 0.6) is 0 Å². The molecule has 1 heterocycles. The highest BCUT2D eigenvalue weighted by Gasteiger charge is 2.24. The molecule has 90 valence electrons. The van der Waals surface area contributed by atoms with Crippen LogP contribution in [0.3, 0.4) is 0 Å². The molecule has 1 aromatic carbocycles. The van der Waals surface area contributed by atoms with E-state index in [-0.39, 0.29) is 11.1 Å². The summed E-state index contributed by atoms with van der Waals surface area (Å²) in [5, 5.41) is 1.91. The monoisotopic (exact) mass is 249 g/mol. The average Bonchev–Trinajstić information content (AvgIpc) is 2.60. The third-order valence-corrected chi connectivity index (χ3v) is 2.79. The van der Waals surface area contributed by atoms with Crippen LogP contribution >= 0.6 is 11.8 Å². The van der Waals surface area contributed by atoms with E-state index >= 15 is 0 Å². The van der Waals surface area contributed by atoms with Crippen LogP contribution in [0, 0.1) is 6.92 Å². The van der Waals surface area contributed by atoms with Crippen LogP contribution in [-0.2, 0) is 4.79 Å². The molecule has 3 nitrogen and oxygen atoms in total. The van der Waals surface area contributed by atoms with Gasteiger partial charge in [0.15, 0.2) is 0 Å². The summed E-state index contributed by atoms with van der Waals surface area (Å²) < 4.78 is 0. The summed E-state index contributed by atoms with van der Waals surface area (Å²) in [6.07, 6.45) is 1.72. The van der Waals surface area contributed by atoms with Gasteiger partial charge in [0.2, 0.25) is 0 Å². The lowest BCUT2D eigenvalue weighted by Gasteiger charge is -1.96. The predicted octanol–water partition coefficient (Wildman–Crippen LogP) is 3.35. The van der Waals surface area contributed by atoms with E-state index in [0.29, 0.717) is 4.91 Å². The number of nitrogens with one attached hydrogen (secondary N) is 1. The fourth-order valence-corrected chi connectivity index (χ4v) is 2.01. The Morgan fingerprint density at radius 3 is 2.47 bits per heavy atom. The number of hydrogen-bond acceptors (Lipinski definition) is 3. The minimum Gasteiger partial charge on any atom is -0.282 e. The SMILES string of the molecule is CC.Cc1cccc(/C=C2\SC(=O)NC2=O)c1. The summed E-state index contributed by atoms with van der Waals surface area (Å²) in [4.78, 5) is 22.6.